The Morgan fingerprint density at radius 1 is 1.25 bits per heavy atom. The van der Waals surface area contributed by atoms with Crippen molar-refractivity contribution in [2.24, 2.45) is 0 Å². The van der Waals surface area contributed by atoms with Crippen LogP contribution < -0.4 is 9.47 Å². The van der Waals surface area contributed by atoms with E-state index in [0.717, 1.165) is 16.9 Å². The molecule has 0 fully saturated rings. The van der Waals surface area contributed by atoms with Crippen molar-refractivity contribution in [1.29, 1.82) is 0 Å². The molecule has 4 heteroatoms. The SMILES string of the molecule is CC(C)N1Cc2cc3c(cc2C1=O)OCO3. The fraction of sp³-hybridized carbons (Fsp3) is 0.417. The zero-order chi connectivity index (χ0) is 11.3. The lowest BCUT2D eigenvalue weighted by Gasteiger charge is -2.19. The van der Waals surface area contributed by atoms with Gasteiger partial charge in [-0.15, -0.1) is 0 Å². The van der Waals surface area contributed by atoms with Crippen molar-refractivity contribution in [2.45, 2.75) is 26.4 Å². The number of amides is 1. The molecule has 2 aliphatic heterocycles. The molecule has 1 aromatic rings. The highest BCUT2D eigenvalue weighted by atomic mass is 16.7. The van der Waals surface area contributed by atoms with E-state index in [-0.39, 0.29) is 18.7 Å². The monoisotopic (exact) mass is 219 g/mol. The molecule has 84 valence electrons. The topological polar surface area (TPSA) is 38.8 Å². The van der Waals surface area contributed by atoms with Crippen LogP contribution >= 0.6 is 0 Å². The summed E-state index contributed by atoms with van der Waals surface area (Å²) in [5.74, 6) is 1.51. The second-order valence-corrected chi connectivity index (χ2v) is 4.39. The molecule has 2 aliphatic rings. The van der Waals surface area contributed by atoms with E-state index in [2.05, 4.69) is 0 Å². The maximum Gasteiger partial charge on any atom is 0.254 e. The van der Waals surface area contributed by atoms with E-state index in [1.165, 1.54) is 0 Å². The Labute approximate surface area is 93.8 Å². The Balaban J connectivity index is 2.05. The number of fused-ring (bicyclic) bond motifs is 2. The number of hydrogen-bond donors (Lipinski definition) is 0. The van der Waals surface area contributed by atoms with Gasteiger partial charge in [-0.2, -0.15) is 0 Å². The Morgan fingerprint density at radius 2 is 1.94 bits per heavy atom. The van der Waals surface area contributed by atoms with Crippen LogP contribution in [0.2, 0.25) is 0 Å². The molecule has 0 bridgehead atoms. The van der Waals surface area contributed by atoms with Gasteiger partial charge < -0.3 is 14.4 Å². The lowest BCUT2D eigenvalue weighted by atomic mass is 10.1. The molecule has 0 radical (unpaired) electrons. The summed E-state index contributed by atoms with van der Waals surface area (Å²) in [5.41, 5.74) is 1.78. The van der Waals surface area contributed by atoms with Gasteiger partial charge in [-0.1, -0.05) is 0 Å². The van der Waals surface area contributed by atoms with Gasteiger partial charge in [0.1, 0.15) is 0 Å². The molecule has 1 amide bonds. The lowest BCUT2D eigenvalue weighted by Crippen LogP contribution is -2.30. The highest BCUT2D eigenvalue weighted by Gasteiger charge is 2.31. The standard InChI is InChI=1S/C12H13NO3/c1-7(2)13-5-8-3-10-11(16-6-15-10)4-9(8)12(13)14/h3-4,7H,5-6H2,1-2H3. The van der Waals surface area contributed by atoms with Gasteiger partial charge in [-0.25, -0.2) is 0 Å². The second kappa shape index (κ2) is 3.14. The summed E-state index contributed by atoms with van der Waals surface area (Å²) in [7, 11) is 0. The van der Waals surface area contributed by atoms with Gasteiger partial charge in [0.25, 0.3) is 5.91 Å². The third-order valence-electron chi connectivity index (χ3n) is 3.05. The Bertz CT molecular complexity index is 468. The first-order valence-corrected chi connectivity index (χ1v) is 5.40. The van der Waals surface area contributed by atoms with E-state index in [1.54, 1.807) is 6.07 Å². The first kappa shape index (κ1) is 9.51. The Hall–Kier alpha value is -1.71. The summed E-state index contributed by atoms with van der Waals surface area (Å²) < 4.78 is 10.6. The van der Waals surface area contributed by atoms with Crippen LogP contribution in [0.1, 0.15) is 29.8 Å². The quantitative estimate of drug-likeness (QED) is 0.722. The minimum Gasteiger partial charge on any atom is -0.454 e. The molecule has 4 nitrogen and oxygen atoms in total. The first-order chi connectivity index (χ1) is 7.66. The van der Waals surface area contributed by atoms with Crippen LogP contribution in [0.4, 0.5) is 0 Å². The summed E-state index contributed by atoms with van der Waals surface area (Å²) >= 11 is 0. The second-order valence-electron chi connectivity index (χ2n) is 4.39. The summed E-state index contributed by atoms with van der Waals surface area (Å²) in [6.45, 7) is 4.96. The highest BCUT2D eigenvalue weighted by molar-refractivity contribution is 5.99. The molecule has 0 unspecified atom stereocenters. The van der Waals surface area contributed by atoms with Gasteiger partial charge in [-0.3, -0.25) is 4.79 Å². The average molecular weight is 219 g/mol. The van der Waals surface area contributed by atoms with Gasteiger partial charge in [-0.05, 0) is 31.5 Å². The largest absolute Gasteiger partial charge is 0.454 e. The maximum atomic E-state index is 12.1. The van der Waals surface area contributed by atoms with Crippen molar-refractivity contribution in [3.63, 3.8) is 0 Å². The highest BCUT2D eigenvalue weighted by Crippen LogP contribution is 2.38. The van der Waals surface area contributed by atoms with Crippen LogP contribution in [0.3, 0.4) is 0 Å². The summed E-state index contributed by atoms with van der Waals surface area (Å²) in [5, 5.41) is 0. The van der Waals surface area contributed by atoms with Crippen LogP contribution in [0.15, 0.2) is 12.1 Å². The summed E-state index contributed by atoms with van der Waals surface area (Å²) in [6, 6.07) is 3.93. The fourth-order valence-electron chi connectivity index (χ4n) is 2.14. The molecule has 0 saturated heterocycles. The van der Waals surface area contributed by atoms with E-state index in [1.807, 2.05) is 24.8 Å². The summed E-state index contributed by atoms with van der Waals surface area (Å²) in [4.78, 5) is 13.9. The average Bonchev–Trinajstić information content (AvgIpc) is 2.80. The van der Waals surface area contributed by atoms with Gasteiger partial charge in [0.15, 0.2) is 11.5 Å². The Kier molecular flexibility index (Phi) is 1.87. The number of ether oxygens (including phenoxy) is 2. The maximum absolute atomic E-state index is 12.1. The van der Waals surface area contributed by atoms with E-state index in [0.29, 0.717) is 12.3 Å². The molecular formula is C12H13NO3. The molecular weight excluding hydrogens is 206 g/mol. The van der Waals surface area contributed by atoms with Crippen molar-refractivity contribution in [3.8, 4) is 11.5 Å². The van der Waals surface area contributed by atoms with Crippen molar-refractivity contribution in [2.75, 3.05) is 6.79 Å². The number of carbonyl (C=O) groups is 1. The number of carbonyl (C=O) groups excluding carboxylic acids is 1. The van der Waals surface area contributed by atoms with Crippen molar-refractivity contribution < 1.29 is 14.3 Å². The van der Waals surface area contributed by atoms with Gasteiger partial charge in [0.2, 0.25) is 6.79 Å². The van der Waals surface area contributed by atoms with Crippen LogP contribution in [-0.2, 0) is 6.54 Å². The molecule has 1 aromatic carbocycles. The third kappa shape index (κ3) is 1.19. The van der Waals surface area contributed by atoms with E-state index < -0.39 is 0 Å². The smallest absolute Gasteiger partial charge is 0.254 e. The zero-order valence-electron chi connectivity index (χ0n) is 9.32. The van der Waals surface area contributed by atoms with Crippen molar-refractivity contribution in [3.05, 3.63) is 23.3 Å². The van der Waals surface area contributed by atoms with Crippen LogP contribution in [0, 0.1) is 0 Å². The zero-order valence-corrected chi connectivity index (χ0v) is 9.32. The lowest BCUT2D eigenvalue weighted by molar-refractivity contribution is 0.0730. The van der Waals surface area contributed by atoms with Crippen LogP contribution in [-0.4, -0.2) is 23.6 Å². The normalized spacial score (nSPS) is 17.2. The van der Waals surface area contributed by atoms with Crippen molar-refractivity contribution in [1.82, 2.24) is 4.90 Å². The first-order valence-electron chi connectivity index (χ1n) is 5.40. The van der Waals surface area contributed by atoms with Crippen LogP contribution in [0.25, 0.3) is 0 Å². The molecule has 0 N–H and O–H groups in total. The minimum absolute atomic E-state index is 0.0864. The molecule has 2 heterocycles. The molecule has 16 heavy (non-hydrogen) atoms. The van der Waals surface area contributed by atoms with Crippen molar-refractivity contribution >= 4 is 5.91 Å². The molecule has 0 aliphatic carbocycles. The number of rotatable bonds is 1. The van der Waals surface area contributed by atoms with E-state index in [9.17, 15) is 4.79 Å². The van der Waals surface area contributed by atoms with Gasteiger partial charge >= 0.3 is 0 Å². The number of benzene rings is 1. The predicted molar refractivity (Wildman–Crippen MR) is 57.6 cm³/mol. The van der Waals surface area contributed by atoms with Gasteiger partial charge in [0.05, 0.1) is 0 Å². The molecule has 0 spiro atoms. The van der Waals surface area contributed by atoms with Crippen LogP contribution in [0.5, 0.6) is 11.5 Å². The predicted octanol–water partition coefficient (Wildman–Crippen LogP) is 1.78. The summed E-state index contributed by atoms with van der Waals surface area (Å²) in [6.07, 6.45) is 0. The fourth-order valence-corrected chi connectivity index (χ4v) is 2.14. The number of hydrogen-bond acceptors (Lipinski definition) is 3. The molecule has 0 atom stereocenters. The number of nitrogens with zero attached hydrogens (tertiary/aromatic N) is 1. The van der Waals surface area contributed by atoms with Gasteiger partial charge in [0, 0.05) is 18.2 Å². The molecule has 0 saturated carbocycles. The van der Waals surface area contributed by atoms with E-state index in [4.69, 9.17) is 9.47 Å². The molecule has 0 aromatic heterocycles. The third-order valence-corrected chi connectivity index (χ3v) is 3.05. The Morgan fingerprint density at radius 3 is 2.62 bits per heavy atom. The minimum atomic E-state index is 0.0864. The molecule has 3 rings (SSSR count). The van der Waals surface area contributed by atoms with E-state index >= 15 is 0 Å².